The molecule has 2 rings (SSSR count). The maximum Gasteiger partial charge on any atom is 0.150 e. The van der Waals surface area contributed by atoms with Gasteiger partial charge in [-0.2, -0.15) is 0 Å². The van der Waals surface area contributed by atoms with Crippen molar-refractivity contribution in [2.24, 2.45) is 0 Å². The summed E-state index contributed by atoms with van der Waals surface area (Å²) >= 11 is 0. The monoisotopic (exact) mass is 308 g/mol. The van der Waals surface area contributed by atoms with Crippen molar-refractivity contribution < 1.29 is 14.3 Å². The van der Waals surface area contributed by atoms with Crippen molar-refractivity contribution in [3.63, 3.8) is 0 Å². The van der Waals surface area contributed by atoms with Gasteiger partial charge in [0.15, 0.2) is 0 Å². The SMILES string of the molecule is C=CCOCc1ccccc1CC(=O)Cc1ccccc1C=O. The molecule has 0 aliphatic heterocycles. The fourth-order valence-electron chi connectivity index (χ4n) is 2.42. The molecular weight excluding hydrogens is 288 g/mol. The molecule has 0 bridgehead atoms. The number of benzene rings is 2. The molecule has 0 spiro atoms. The van der Waals surface area contributed by atoms with E-state index in [4.69, 9.17) is 4.74 Å². The summed E-state index contributed by atoms with van der Waals surface area (Å²) in [6.07, 6.45) is 3.08. The molecule has 0 atom stereocenters. The highest BCUT2D eigenvalue weighted by atomic mass is 16.5. The molecule has 3 nitrogen and oxygen atoms in total. The van der Waals surface area contributed by atoms with E-state index in [1.54, 1.807) is 18.2 Å². The number of rotatable bonds is 9. The number of carbonyl (C=O) groups excluding carboxylic acids is 2. The van der Waals surface area contributed by atoms with Gasteiger partial charge in [-0.15, -0.1) is 6.58 Å². The van der Waals surface area contributed by atoms with Crippen molar-refractivity contribution in [2.45, 2.75) is 19.4 Å². The summed E-state index contributed by atoms with van der Waals surface area (Å²) < 4.78 is 5.47. The van der Waals surface area contributed by atoms with Gasteiger partial charge in [-0.05, 0) is 16.7 Å². The molecule has 0 saturated carbocycles. The molecular formula is C20H20O3. The van der Waals surface area contributed by atoms with Gasteiger partial charge in [-0.25, -0.2) is 0 Å². The maximum absolute atomic E-state index is 12.4. The Morgan fingerprint density at radius 2 is 1.57 bits per heavy atom. The van der Waals surface area contributed by atoms with Gasteiger partial charge in [0.05, 0.1) is 13.2 Å². The molecule has 0 N–H and O–H groups in total. The smallest absolute Gasteiger partial charge is 0.150 e. The third kappa shape index (κ3) is 5.01. The van der Waals surface area contributed by atoms with Gasteiger partial charge < -0.3 is 4.74 Å². The molecule has 0 amide bonds. The minimum absolute atomic E-state index is 0.0791. The lowest BCUT2D eigenvalue weighted by atomic mass is 9.97. The van der Waals surface area contributed by atoms with Crippen LogP contribution in [0.2, 0.25) is 0 Å². The average Bonchev–Trinajstić information content (AvgIpc) is 2.57. The van der Waals surface area contributed by atoms with Gasteiger partial charge in [-0.3, -0.25) is 9.59 Å². The second-order valence-corrected chi connectivity index (χ2v) is 5.28. The van der Waals surface area contributed by atoms with E-state index in [1.807, 2.05) is 36.4 Å². The van der Waals surface area contributed by atoms with Crippen molar-refractivity contribution in [1.29, 1.82) is 0 Å². The zero-order valence-electron chi connectivity index (χ0n) is 13.0. The number of hydrogen-bond acceptors (Lipinski definition) is 3. The van der Waals surface area contributed by atoms with Crippen LogP contribution in [0.4, 0.5) is 0 Å². The number of hydrogen-bond donors (Lipinski definition) is 0. The molecule has 0 aliphatic carbocycles. The number of ketones is 1. The molecule has 0 unspecified atom stereocenters. The molecule has 118 valence electrons. The van der Waals surface area contributed by atoms with Crippen molar-refractivity contribution in [2.75, 3.05) is 6.61 Å². The van der Waals surface area contributed by atoms with Gasteiger partial charge in [0, 0.05) is 18.4 Å². The van der Waals surface area contributed by atoms with Crippen LogP contribution in [0.5, 0.6) is 0 Å². The van der Waals surface area contributed by atoms with E-state index in [9.17, 15) is 9.59 Å². The number of ether oxygens (including phenoxy) is 1. The summed E-state index contributed by atoms with van der Waals surface area (Å²) in [6, 6.07) is 14.9. The molecule has 0 aromatic heterocycles. The Morgan fingerprint density at radius 3 is 2.26 bits per heavy atom. The molecule has 0 aliphatic rings. The highest BCUT2D eigenvalue weighted by Gasteiger charge is 2.11. The fourth-order valence-corrected chi connectivity index (χ4v) is 2.42. The first-order valence-electron chi connectivity index (χ1n) is 7.54. The van der Waals surface area contributed by atoms with Crippen LogP contribution in [0.1, 0.15) is 27.0 Å². The van der Waals surface area contributed by atoms with E-state index < -0.39 is 0 Å². The highest BCUT2D eigenvalue weighted by molar-refractivity contribution is 5.86. The first-order chi connectivity index (χ1) is 11.2. The van der Waals surface area contributed by atoms with Gasteiger partial charge in [0.1, 0.15) is 12.1 Å². The van der Waals surface area contributed by atoms with Crippen molar-refractivity contribution >= 4 is 12.1 Å². The first kappa shape index (κ1) is 16.8. The standard InChI is InChI=1S/C20H20O3/c1-2-11-23-15-19-10-6-4-8-17(19)13-20(22)12-16-7-3-5-9-18(16)14-21/h2-10,14H,1,11-13,15H2. The fraction of sp³-hybridized carbons (Fsp3) is 0.200. The third-order valence-electron chi connectivity index (χ3n) is 3.57. The summed E-state index contributed by atoms with van der Waals surface area (Å²) in [5, 5.41) is 0. The van der Waals surface area contributed by atoms with Gasteiger partial charge in [0.25, 0.3) is 0 Å². The van der Waals surface area contributed by atoms with Crippen LogP contribution in [0, 0.1) is 0 Å². The lowest BCUT2D eigenvalue weighted by Gasteiger charge is -2.09. The molecule has 23 heavy (non-hydrogen) atoms. The Hall–Kier alpha value is -2.52. The summed E-state index contributed by atoms with van der Waals surface area (Å²) in [4.78, 5) is 23.4. The van der Waals surface area contributed by atoms with E-state index >= 15 is 0 Å². The molecule has 0 saturated heterocycles. The molecule has 3 heteroatoms. The summed E-state index contributed by atoms with van der Waals surface area (Å²) in [6.45, 7) is 4.56. The predicted octanol–water partition coefficient (Wildman–Crippen LogP) is 3.56. The Kier molecular flexibility index (Phi) is 6.45. The molecule has 2 aromatic carbocycles. The van der Waals surface area contributed by atoms with Crippen LogP contribution in [0.3, 0.4) is 0 Å². The zero-order chi connectivity index (χ0) is 16.5. The summed E-state index contributed by atoms with van der Waals surface area (Å²) in [5.74, 6) is 0.0791. The van der Waals surface area contributed by atoms with Gasteiger partial charge in [-0.1, -0.05) is 54.6 Å². The minimum atomic E-state index is 0.0791. The Morgan fingerprint density at radius 1 is 0.957 bits per heavy atom. The van der Waals surface area contributed by atoms with Crippen LogP contribution < -0.4 is 0 Å². The molecule has 2 aromatic rings. The Labute approximate surface area is 136 Å². The normalized spacial score (nSPS) is 10.3. The van der Waals surface area contributed by atoms with E-state index in [1.165, 1.54) is 0 Å². The minimum Gasteiger partial charge on any atom is -0.373 e. The largest absolute Gasteiger partial charge is 0.373 e. The third-order valence-corrected chi connectivity index (χ3v) is 3.57. The van der Waals surface area contributed by atoms with E-state index in [0.29, 0.717) is 25.2 Å². The topological polar surface area (TPSA) is 43.4 Å². The second kappa shape index (κ2) is 8.81. The first-order valence-corrected chi connectivity index (χ1v) is 7.54. The Balaban J connectivity index is 2.05. The maximum atomic E-state index is 12.4. The Bertz CT molecular complexity index is 689. The predicted molar refractivity (Wildman–Crippen MR) is 90.5 cm³/mol. The van der Waals surface area contributed by atoms with E-state index in [-0.39, 0.29) is 12.2 Å². The van der Waals surface area contributed by atoms with Crippen LogP contribution in [0.15, 0.2) is 61.2 Å². The van der Waals surface area contributed by atoms with Crippen LogP contribution in [-0.2, 0) is 29.0 Å². The van der Waals surface area contributed by atoms with Crippen LogP contribution in [0.25, 0.3) is 0 Å². The lowest BCUT2D eigenvalue weighted by molar-refractivity contribution is -0.117. The van der Waals surface area contributed by atoms with E-state index in [0.717, 1.165) is 23.0 Å². The molecule has 0 radical (unpaired) electrons. The second-order valence-electron chi connectivity index (χ2n) is 5.28. The highest BCUT2D eigenvalue weighted by Crippen LogP contribution is 2.14. The van der Waals surface area contributed by atoms with Crippen molar-refractivity contribution in [3.05, 3.63) is 83.4 Å². The quantitative estimate of drug-likeness (QED) is 0.404. The summed E-state index contributed by atoms with van der Waals surface area (Å²) in [7, 11) is 0. The zero-order valence-corrected chi connectivity index (χ0v) is 13.0. The number of carbonyl (C=O) groups is 2. The van der Waals surface area contributed by atoms with Gasteiger partial charge >= 0.3 is 0 Å². The van der Waals surface area contributed by atoms with Crippen LogP contribution >= 0.6 is 0 Å². The molecule has 0 fully saturated rings. The average molecular weight is 308 g/mol. The number of aldehydes is 1. The van der Waals surface area contributed by atoms with Crippen molar-refractivity contribution in [3.8, 4) is 0 Å². The molecule has 0 heterocycles. The van der Waals surface area contributed by atoms with Crippen molar-refractivity contribution in [1.82, 2.24) is 0 Å². The van der Waals surface area contributed by atoms with Gasteiger partial charge in [0.2, 0.25) is 0 Å². The summed E-state index contributed by atoms with van der Waals surface area (Å²) in [5.41, 5.74) is 3.31. The van der Waals surface area contributed by atoms with E-state index in [2.05, 4.69) is 6.58 Å². The lowest BCUT2D eigenvalue weighted by Crippen LogP contribution is -2.10. The number of Topliss-reactive ketones (excluding diaryl/α,β-unsaturated/α-hetero) is 1. The van der Waals surface area contributed by atoms with Crippen LogP contribution in [-0.4, -0.2) is 18.7 Å².